The number of para-hydroxylation sites is 1. The van der Waals surface area contributed by atoms with Crippen molar-refractivity contribution < 1.29 is 4.74 Å². The van der Waals surface area contributed by atoms with E-state index in [-0.39, 0.29) is 6.10 Å². The summed E-state index contributed by atoms with van der Waals surface area (Å²) in [5.74, 6) is 1.60. The van der Waals surface area contributed by atoms with Gasteiger partial charge in [-0.15, -0.1) is 0 Å². The Hall–Kier alpha value is -2.56. The summed E-state index contributed by atoms with van der Waals surface area (Å²) in [5, 5.41) is 6.47. The largest absolute Gasteiger partial charge is 0.489 e. The molecule has 5 nitrogen and oxygen atoms in total. The number of hydrogen-bond donors (Lipinski definition) is 2. The molecule has 0 bridgehead atoms. The van der Waals surface area contributed by atoms with E-state index < -0.39 is 0 Å². The number of aromatic nitrogens is 1. The van der Waals surface area contributed by atoms with Gasteiger partial charge < -0.3 is 15.4 Å². The first-order chi connectivity index (χ1) is 10.8. The number of benzene rings is 1. The molecule has 1 atom stereocenters. The van der Waals surface area contributed by atoms with Gasteiger partial charge in [-0.3, -0.25) is 9.98 Å². The van der Waals surface area contributed by atoms with Gasteiger partial charge in [-0.1, -0.05) is 24.3 Å². The van der Waals surface area contributed by atoms with E-state index in [0.29, 0.717) is 13.1 Å². The Morgan fingerprint density at radius 3 is 2.59 bits per heavy atom. The molecule has 116 valence electrons. The smallest absolute Gasteiger partial charge is 0.191 e. The van der Waals surface area contributed by atoms with E-state index >= 15 is 0 Å². The molecule has 1 unspecified atom stereocenters. The van der Waals surface area contributed by atoms with E-state index in [9.17, 15) is 0 Å². The molecule has 0 aliphatic heterocycles. The van der Waals surface area contributed by atoms with E-state index in [1.54, 1.807) is 13.2 Å². The van der Waals surface area contributed by atoms with Gasteiger partial charge in [-0.25, -0.2) is 0 Å². The van der Waals surface area contributed by atoms with Crippen LogP contribution in [0.5, 0.6) is 5.75 Å². The number of aliphatic imine (C=N–C) groups is 1. The fourth-order valence-electron chi connectivity index (χ4n) is 1.91. The molecule has 0 saturated carbocycles. The number of rotatable bonds is 6. The third kappa shape index (κ3) is 5.44. The Bertz CT molecular complexity index is 572. The number of guanidine groups is 1. The number of hydrogen-bond acceptors (Lipinski definition) is 3. The fourth-order valence-corrected chi connectivity index (χ4v) is 1.91. The highest BCUT2D eigenvalue weighted by Crippen LogP contribution is 2.10. The van der Waals surface area contributed by atoms with Crippen LogP contribution in [0.15, 0.2) is 59.7 Å². The summed E-state index contributed by atoms with van der Waals surface area (Å²) < 4.78 is 5.81. The standard InChI is InChI=1S/C17H22N4O/c1-14(22-16-9-4-3-5-10-16)12-20-17(18-2)21-13-15-8-6-7-11-19-15/h3-11,14H,12-13H2,1-2H3,(H2,18,20,21). The highest BCUT2D eigenvalue weighted by molar-refractivity contribution is 5.79. The van der Waals surface area contributed by atoms with Gasteiger partial charge in [0.2, 0.25) is 0 Å². The van der Waals surface area contributed by atoms with Crippen molar-refractivity contribution in [2.45, 2.75) is 19.6 Å². The molecule has 1 aromatic heterocycles. The van der Waals surface area contributed by atoms with Crippen molar-refractivity contribution in [3.05, 3.63) is 60.4 Å². The van der Waals surface area contributed by atoms with Crippen molar-refractivity contribution >= 4 is 5.96 Å². The molecule has 0 radical (unpaired) electrons. The molecule has 0 saturated heterocycles. The van der Waals surface area contributed by atoms with E-state index in [4.69, 9.17) is 4.74 Å². The number of nitrogens with one attached hydrogen (secondary N) is 2. The lowest BCUT2D eigenvalue weighted by molar-refractivity contribution is 0.224. The third-order valence-electron chi connectivity index (χ3n) is 3.02. The number of ether oxygens (including phenoxy) is 1. The predicted molar refractivity (Wildman–Crippen MR) is 89.0 cm³/mol. The zero-order chi connectivity index (χ0) is 15.6. The topological polar surface area (TPSA) is 58.5 Å². The van der Waals surface area contributed by atoms with Crippen LogP contribution in [0.2, 0.25) is 0 Å². The third-order valence-corrected chi connectivity index (χ3v) is 3.02. The lowest BCUT2D eigenvalue weighted by atomic mass is 10.3. The Balaban J connectivity index is 1.74. The normalized spacial score (nSPS) is 12.5. The number of pyridine rings is 1. The monoisotopic (exact) mass is 298 g/mol. The van der Waals surface area contributed by atoms with Crippen LogP contribution in [0, 0.1) is 0 Å². The summed E-state index contributed by atoms with van der Waals surface area (Å²) in [6.07, 6.45) is 1.82. The second kappa shape index (κ2) is 8.67. The summed E-state index contributed by atoms with van der Waals surface area (Å²) in [6.45, 7) is 3.32. The molecule has 2 N–H and O–H groups in total. The molecule has 0 aliphatic carbocycles. The van der Waals surface area contributed by atoms with Crippen LogP contribution in [0.3, 0.4) is 0 Å². The first kappa shape index (κ1) is 15.8. The summed E-state index contributed by atoms with van der Waals surface area (Å²) >= 11 is 0. The predicted octanol–water partition coefficient (Wildman–Crippen LogP) is 2.21. The van der Waals surface area contributed by atoms with E-state index in [0.717, 1.165) is 17.4 Å². The summed E-state index contributed by atoms with van der Waals surface area (Å²) in [7, 11) is 1.75. The van der Waals surface area contributed by atoms with Crippen molar-refractivity contribution in [2.24, 2.45) is 4.99 Å². The zero-order valence-electron chi connectivity index (χ0n) is 13.0. The van der Waals surface area contributed by atoms with Crippen LogP contribution in [-0.2, 0) is 6.54 Å². The van der Waals surface area contributed by atoms with Crippen LogP contribution in [-0.4, -0.2) is 30.6 Å². The van der Waals surface area contributed by atoms with Gasteiger partial charge in [0, 0.05) is 13.2 Å². The fraction of sp³-hybridized carbons (Fsp3) is 0.294. The molecular formula is C17H22N4O. The maximum absolute atomic E-state index is 5.81. The van der Waals surface area contributed by atoms with Crippen molar-refractivity contribution in [3.63, 3.8) is 0 Å². The Kier molecular flexibility index (Phi) is 6.23. The van der Waals surface area contributed by atoms with Crippen molar-refractivity contribution in [1.82, 2.24) is 15.6 Å². The van der Waals surface area contributed by atoms with Gasteiger partial charge in [0.1, 0.15) is 11.9 Å². The van der Waals surface area contributed by atoms with Crippen LogP contribution >= 0.6 is 0 Å². The Morgan fingerprint density at radius 2 is 1.91 bits per heavy atom. The van der Waals surface area contributed by atoms with Gasteiger partial charge >= 0.3 is 0 Å². The lowest BCUT2D eigenvalue weighted by Gasteiger charge is -2.17. The minimum atomic E-state index is 0.0378. The molecule has 22 heavy (non-hydrogen) atoms. The highest BCUT2D eigenvalue weighted by atomic mass is 16.5. The summed E-state index contributed by atoms with van der Waals surface area (Å²) in [4.78, 5) is 8.46. The molecule has 1 heterocycles. The SMILES string of the molecule is CN=C(NCc1ccccn1)NCC(C)Oc1ccccc1. The van der Waals surface area contributed by atoms with Gasteiger partial charge in [0.15, 0.2) is 5.96 Å². The van der Waals surface area contributed by atoms with E-state index in [2.05, 4.69) is 20.6 Å². The van der Waals surface area contributed by atoms with Crippen LogP contribution in [0.1, 0.15) is 12.6 Å². The summed E-state index contributed by atoms with van der Waals surface area (Å²) in [5.41, 5.74) is 0.971. The zero-order valence-corrected chi connectivity index (χ0v) is 13.0. The van der Waals surface area contributed by atoms with Gasteiger partial charge in [0.25, 0.3) is 0 Å². The van der Waals surface area contributed by atoms with Crippen molar-refractivity contribution in [2.75, 3.05) is 13.6 Å². The first-order valence-electron chi connectivity index (χ1n) is 7.34. The molecule has 5 heteroatoms. The van der Waals surface area contributed by atoms with E-state index in [1.807, 2.05) is 55.5 Å². The van der Waals surface area contributed by atoms with Crippen LogP contribution in [0.4, 0.5) is 0 Å². The quantitative estimate of drug-likeness (QED) is 0.634. The molecule has 2 aromatic rings. The number of nitrogens with zero attached hydrogens (tertiary/aromatic N) is 2. The average molecular weight is 298 g/mol. The molecule has 0 aliphatic rings. The van der Waals surface area contributed by atoms with E-state index in [1.165, 1.54) is 0 Å². The molecular weight excluding hydrogens is 276 g/mol. The van der Waals surface area contributed by atoms with Crippen LogP contribution < -0.4 is 15.4 Å². The molecule has 1 aromatic carbocycles. The lowest BCUT2D eigenvalue weighted by Crippen LogP contribution is -2.41. The first-order valence-corrected chi connectivity index (χ1v) is 7.34. The van der Waals surface area contributed by atoms with Gasteiger partial charge in [-0.05, 0) is 31.2 Å². The van der Waals surface area contributed by atoms with Gasteiger partial charge in [-0.2, -0.15) is 0 Å². The maximum Gasteiger partial charge on any atom is 0.191 e. The van der Waals surface area contributed by atoms with Crippen LogP contribution in [0.25, 0.3) is 0 Å². The highest BCUT2D eigenvalue weighted by Gasteiger charge is 2.05. The Labute approximate surface area is 131 Å². The molecule has 0 fully saturated rings. The van der Waals surface area contributed by atoms with Gasteiger partial charge in [0.05, 0.1) is 18.8 Å². The summed E-state index contributed by atoms with van der Waals surface area (Å²) in [6, 6.07) is 15.6. The van der Waals surface area contributed by atoms with Crippen molar-refractivity contribution in [3.8, 4) is 5.75 Å². The molecule has 0 amide bonds. The maximum atomic E-state index is 5.81. The average Bonchev–Trinajstić information content (AvgIpc) is 2.57. The Morgan fingerprint density at radius 1 is 1.14 bits per heavy atom. The van der Waals surface area contributed by atoms with Crippen molar-refractivity contribution in [1.29, 1.82) is 0 Å². The minimum absolute atomic E-state index is 0.0378. The minimum Gasteiger partial charge on any atom is -0.489 e. The second-order valence-electron chi connectivity index (χ2n) is 4.87. The molecule has 2 rings (SSSR count). The second-order valence-corrected chi connectivity index (χ2v) is 4.87. The molecule has 0 spiro atoms.